The summed E-state index contributed by atoms with van der Waals surface area (Å²) in [6, 6.07) is 15.1. The van der Waals surface area contributed by atoms with Crippen molar-refractivity contribution in [2.45, 2.75) is 6.42 Å². The second-order valence-electron chi connectivity index (χ2n) is 5.15. The van der Waals surface area contributed by atoms with E-state index in [9.17, 15) is 0 Å². The van der Waals surface area contributed by atoms with E-state index in [1.165, 1.54) is 27.4 Å². The van der Waals surface area contributed by atoms with Crippen molar-refractivity contribution in [3.05, 3.63) is 78.9 Å². The predicted molar refractivity (Wildman–Crippen MR) is 86.8 cm³/mol. The summed E-state index contributed by atoms with van der Waals surface area (Å²) in [6.45, 7) is 4.25. The molecule has 0 fully saturated rings. The molecule has 0 saturated carbocycles. The Bertz CT molecular complexity index is 891. The van der Waals surface area contributed by atoms with E-state index < -0.39 is 0 Å². The minimum Gasteiger partial charge on any atom is -0.310 e. The van der Waals surface area contributed by atoms with Crippen LogP contribution in [0.25, 0.3) is 27.5 Å². The third kappa shape index (κ3) is 1.50. The van der Waals surface area contributed by atoms with E-state index in [0.29, 0.717) is 0 Å². The SMILES string of the molecule is C=C1/C=C\C=C/Cc2cccc3c4ccccc4n1c23. The molecule has 4 rings (SSSR count). The van der Waals surface area contributed by atoms with E-state index in [-0.39, 0.29) is 0 Å². The lowest BCUT2D eigenvalue weighted by Gasteiger charge is -2.09. The summed E-state index contributed by atoms with van der Waals surface area (Å²) in [6.07, 6.45) is 9.38. The molecular formula is C19H15N. The molecule has 1 aliphatic heterocycles. The third-order valence-corrected chi connectivity index (χ3v) is 3.94. The van der Waals surface area contributed by atoms with Crippen LogP contribution in [-0.2, 0) is 6.42 Å². The van der Waals surface area contributed by atoms with Crippen LogP contribution in [0.1, 0.15) is 5.56 Å². The van der Waals surface area contributed by atoms with Crippen molar-refractivity contribution < 1.29 is 0 Å². The van der Waals surface area contributed by atoms with E-state index in [0.717, 1.165) is 12.1 Å². The maximum absolute atomic E-state index is 4.25. The lowest BCUT2D eigenvalue weighted by Crippen LogP contribution is -1.95. The van der Waals surface area contributed by atoms with E-state index in [1.807, 2.05) is 0 Å². The second-order valence-corrected chi connectivity index (χ2v) is 5.15. The fourth-order valence-electron chi connectivity index (χ4n) is 3.07. The number of hydrogen-bond acceptors (Lipinski definition) is 0. The first-order valence-electron chi connectivity index (χ1n) is 6.90. The van der Waals surface area contributed by atoms with E-state index in [4.69, 9.17) is 0 Å². The number of benzene rings is 2. The molecule has 0 spiro atoms. The molecule has 0 N–H and O–H groups in total. The van der Waals surface area contributed by atoms with Crippen LogP contribution in [-0.4, -0.2) is 4.57 Å². The van der Waals surface area contributed by atoms with E-state index in [1.54, 1.807) is 0 Å². The largest absolute Gasteiger partial charge is 0.310 e. The van der Waals surface area contributed by atoms with Crippen molar-refractivity contribution in [1.29, 1.82) is 0 Å². The van der Waals surface area contributed by atoms with Gasteiger partial charge in [0.05, 0.1) is 11.0 Å². The van der Waals surface area contributed by atoms with Gasteiger partial charge in [0.2, 0.25) is 0 Å². The second kappa shape index (κ2) is 4.24. The minimum atomic E-state index is 0.950. The molecule has 0 aliphatic carbocycles. The van der Waals surface area contributed by atoms with Gasteiger partial charge in [0, 0.05) is 16.5 Å². The number of allylic oxidation sites excluding steroid dienone is 5. The molecule has 2 aromatic carbocycles. The molecule has 0 saturated heterocycles. The van der Waals surface area contributed by atoms with Crippen LogP contribution >= 0.6 is 0 Å². The molecular weight excluding hydrogens is 242 g/mol. The van der Waals surface area contributed by atoms with Crippen LogP contribution in [0.15, 0.2) is 73.3 Å². The maximum Gasteiger partial charge on any atom is 0.0575 e. The van der Waals surface area contributed by atoms with Gasteiger partial charge in [-0.05, 0) is 24.1 Å². The van der Waals surface area contributed by atoms with Crippen LogP contribution in [0.2, 0.25) is 0 Å². The van der Waals surface area contributed by atoms with Gasteiger partial charge in [-0.25, -0.2) is 0 Å². The van der Waals surface area contributed by atoms with Crippen molar-refractivity contribution in [1.82, 2.24) is 4.57 Å². The van der Waals surface area contributed by atoms with E-state index >= 15 is 0 Å². The molecule has 0 atom stereocenters. The highest BCUT2D eigenvalue weighted by molar-refractivity contribution is 6.11. The summed E-state index contributed by atoms with van der Waals surface area (Å²) in [5.74, 6) is 0. The van der Waals surface area contributed by atoms with Crippen molar-refractivity contribution >= 4 is 27.5 Å². The molecule has 2 heterocycles. The lowest BCUT2D eigenvalue weighted by molar-refractivity contribution is 1.20. The average molecular weight is 257 g/mol. The van der Waals surface area contributed by atoms with Gasteiger partial charge >= 0.3 is 0 Å². The van der Waals surface area contributed by atoms with Gasteiger partial charge in [0.25, 0.3) is 0 Å². The number of fused-ring (bicyclic) bond motifs is 3. The summed E-state index contributed by atoms with van der Waals surface area (Å²) >= 11 is 0. The van der Waals surface area contributed by atoms with E-state index in [2.05, 4.69) is 77.9 Å². The Morgan fingerprint density at radius 1 is 0.900 bits per heavy atom. The fourth-order valence-corrected chi connectivity index (χ4v) is 3.07. The smallest absolute Gasteiger partial charge is 0.0575 e. The molecule has 96 valence electrons. The Morgan fingerprint density at radius 3 is 2.70 bits per heavy atom. The van der Waals surface area contributed by atoms with Crippen LogP contribution < -0.4 is 0 Å². The number of rotatable bonds is 0. The standard InChI is InChI=1S/C19H15N/c1-14-8-3-2-4-9-15-10-7-12-17-16-11-5-6-13-18(16)20(14)19(15)17/h2-8,10-13H,1,9H2/b4-2-,8-3-. The first-order chi connectivity index (χ1) is 9.86. The van der Waals surface area contributed by atoms with Crippen molar-refractivity contribution in [3.8, 4) is 0 Å². The van der Waals surface area contributed by atoms with Gasteiger partial charge in [-0.1, -0.05) is 61.2 Å². The van der Waals surface area contributed by atoms with Crippen molar-refractivity contribution in [3.63, 3.8) is 0 Å². The van der Waals surface area contributed by atoms with Gasteiger partial charge in [-0.15, -0.1) is 0 Å². The average Bonchev–Trinajstić information content (AvgIpc) is 2.84. The van der Waals surface area contributed by atoms with Gasteiger partial charge < -0.3 is 4.57 Å². The molecule has 0 amide bonds. The van der Waals surface area contributed by atoms with Crippen molar-refractivity contribution in [2.75, 3.05) is 0 Å². The molecule has 3 aromatic rings. The minimum absolute atomic E-state index is 0.950. The summed E-state index contributed by atoms with van der Waals surface area (Å²) in [7, 11) is 0. The molecule has 1 aliphatic rings. The Balaban J connectivity index is 2.27. The first kappa shape index (κ1) is 11.3. The van der Waals surface area contributed by atoms with Crippen LogP contribution in [0.4, 0.5) is 0 Å². The Labute approximate surface area is 118 Å². The predicted octanol–water partition coefficient (Wildman–Crippen LogP) is 4.93. The highest BCUT2D eigenvalue weighted by atomic mass is 15.0. The highest BCUT2D eigenvalue weighted by Gasteiger charge is 2.14. The zero-order valence-electron chi connectivity index (χ0n) is 11.2. The zero-order valence-corrected chi connectivity index (χ0v) is 11.2. The number of hydrogen-bond donors (Lipinski definition) is 0. The summed E-state index contributed by atoms with van der Waals surface area (Å²) in [5, 5.41) is 2.60. The third-order valence-electron chi connectivity index (χ3n) is 3.94. The number of aromatic nitrogens is 1. The van der Waals surface area contributed by atoms with Gasteiger partial charge in [-0.3, -0.25) is 0 Å². The molecule has 20 heavy (non-hydrogen) atoms. The Hall–Kier alpha value is -2.54. The van der Waals surface area contributed by atoms with Crippen LogP contribution in [0.3, 0.4) is 0 Å². The zero-order chi connectivity index (χ0) is 13.5. The normalized spacial score (nSPS) is 17.7. The quantitative estimate of drug-likeness (QED) is 0.538. The van der Waals surface area contributed by atoms with Crippen LogP contribution in [0, 0.1) is 0 Å². The van der Waals surface area contributed by atoms with Gasteiger partial charge in [0.1, 0.15) is 0 Å². The van der Waals surface area contributed by atoms with Gasteiger partial charge in [0.15, 0.2) is 0 Å². The molecule has 0 bridgehead atoms. The highest BCUT2D eigenvalue weighted by Crippen LogP contribution is 2.34. The summed E-state index contributed by atoms with van der Waals surface area (Å²) in [5.41, 5.74) is 4.87. The first-order valence-corrected chi connectivity index (χ1v) is 6.90. The monoisotopic (exact) mass is 257 g/mol. The number of nitrogens with zero attached hydrogens (tertiary/aromatic N) is 1. The Morgan fingerprint density at radius 2 is 1.75 bits per heavy atom. The van der Waals surface area contributed by atoms with Crippen molar-refractivity contribution in [2.24, 2.45) is 0 Å². The van der Waals surface area contributed by atoms with Gasteiger partial charge in [-0.2, -0.15) is 0 Å². The number of para-hydroxylation sites is 2. The molecule has 1 nitrogen and oxygen atoms in total. The van der Waals surface area contributed by atoms with Crippen LogP contribution in [0.5, 0.6) is 0 Å². The molecule has 1 heteroatoms. The molecule has 1 aromatic heterocycles. The Kier molecular flexibility index (Phi) is 2.40. The molecule has 0 radical (unpaired) electrons. The topological polar surface area (TPSA) is 4.93 Å². The fraction of sp³-hybridized carbons (Fsp3) is 0.0526. The maximum atomic E-state index is 4.25. The lowest BCUT2D eigenvalue weighted by atomic mass is 10.1. The summed E-state index contributed by atoms with van der Waals surface area (Å²) < 4.78 is 2.28. The molecule has 0 unspecified atom stereocenters. The summed E-state index contributed by atoms with van der Waals surface area (Å²) in [4.78, 5) is 0.